The molecular weight excluding hydrogens is 324 g/mol. The Bertz CT molecular complexity index is 773. The molecule has 0 aliphatic carbocycles. The predicted molar refractivity (Wildman–Crippen MR) is 104 cm³/mol. The van der Waals surface area contributed by atoms with Gasteiger partial charge < -0.3 is 10.2 Å². The van der Waals surface area contributed by atoms with Crippen LogP contribution in [0.4, 0.5) is 5.69 Å². The Labute approximate surface area is 155 Å². The zero-order valence-electron chi connectivity index (χ0n) is 15.4. The van der Waals surface area contributed by atoms with Crippen molar-refractivity contribution in [3.8, 4) is 0 Å². The van der Waals surface area contributed by atoms with Gasteiger partial charge in [-0.2, -0.15) is 0 Å². The van der Waals surface area contributed by atoms with Crippen LogP contribution in [0.5, 0.6) is 0 Å². The summed E-state index contributed by atoms with van der Waals surface area (Å²) >= 11 is 0. The first-order chi connectivity index (χ1) is 12.6. The summed E-state index contributed by atoms with van der Waals surface area (Å²) in [6.07, 6.45) is 1.29. The summed E-state index contributed by atoms with van der Waals surface area (Å²) in [5, 5.41) is 2.96. The first-order valence-electron chi connectivity index (χ1n) is 9.31. The van der Waals surface area contributed by atoms with Gasteiger partial charge in [-0.1, -0.05) is 62.4 Å². The van der Waals surface area contributed by atoms with Crippen LogP contribution in [0.25, 0.3) is 0 Å². The van der Waals surface area contributed by atoms with E-state index < -0.39 is 0 Å². The lowest BCUT2D eigenvalue weighted by atomic mass is 9.96. The molecule has 1 aliphatic heterocycles. The van der Waals surface area contributed by atoms with Gasteiger partial charge in [0.15, 0.2) is 0 Å². The highest BCUT2D eigenvalue weighted by molar-refractivity contribution is 6.00. The van der Waals surface area contributed by atoms with Crippen molar-refractivity contribution < 1.29 is 9.59 Å². The number of hydrogen-bond donors (Lipinski definition) is 1. The van der Waals surface area contributed by atoms with E-state index in [1.807, 2.05) is 48.5 Å². The van der Waals surface area contributed by atoms with Gasteiger partial charge in [0, 0.05) is 25.2 Å². The molecule has 0 saturated carbocycles. The minimum Gasteiger partial charge on any atom is -0.352 e. The van der Waals surface area contributed by atoms with E-state index in [1.54, 1.807) is 4.90 Å². The zero-order valence-corrected chi connectivity index (χ0v) is 15.4. The van der Waals surface area contributed by atoms with E-state index >= 15 is 0 Å². The number of nitrogens with one attached hydrogen (secondary N) is 1. The summed E-state index contributed by atoms with van der Waals surface area (Å²) in [5.74, 6) is 0.0625. The third-order valence-corrected chi connectivity index (χ3v) is 5.18. The summed E-state index contributed by atoms with van der Waals surface area (Å²) in [6, 6.07) is 17.9. The Kier molecular flexibility index (Phi) is 5.71. The zero-order chi connectivity index (χ0) is 18.5. The fraction of sp³-hybridized carbons (Fsp3) is 0.364. The van der Waals surface area contributed by atoms with Crippen molar-refractivity contribution in [3.05, 3.63) is 65.7 Å². The lowest BCUT2D eigenvalue weighted by Crippen LogP contribution is -2.32. The normalized spacial score (nSPS) is 18.0. The third kappa shape index (κ3) is 3.96. The van der Waals surface area contributed by atoms with Gasteiger partial charge in [-0.25, -0.2) is 0 Å². The summed E-state index contributed by atoms with van der Waals surface area (Å²) in [7, 11) is 0. The highest BCUT2D eigenvalue weighted by Gasteiger charge is 2.36. The van der Waals surface area contributed by atoms with Crippen molar-refractivity contribution in [2.24, 2.45) is 5.92 Å². The van der Waals surface area contributed by atoms with Gasteiger partial charge in [0.25, 0.3) is 0 Å². The minimum atomic E-state index is -0.295. The molecule has 0 spiro atoms. The van der Waals surface area contributed by atoms with Crippen LogP contribution >= 0.6 is 0 Å². The number of carbonyl (C=O) groups excluding carboxylic acids is 2. The molecule has 1 fully saturated rings. The summed E-state index contributed by atoms with van der Waals surface area (Å²) in [4.78, 5) is 26.9. The van der Waals surface area contributed by atoms with Crippen LogP contribution in [0, 0.1) is 5.92 Å². The van der Waals surface area contributed by atoms with E-state index in [-0.39, 0.29) is 24.2 Å². The smallest absolute Gasteiger partial charge is 0.227 e. The molecule has 2 atom stereocenters. The SMILES string of the molecule is CC[C@@H](C)c1ccccc1N1C[C@H](C(=O)NCc2ccccc2)CC1=O. The predicted octanol–water partition coefficient (Wildman–Crippen LogP) is 3.87. The maximum Gasteiger partial charge on any atom is 0.227 e. The Morgan fingerprint density at radius 2 is 1.85 bits per heavy atom. The van der Waals surface area contributed by atoms with E-state index in [0.29, 0.717) is 19.0 Å². The van der Waals surface area contributed by atoms with Crippen LogP contribution in [0.3, 0.4) is 0 Å². The van der Waals surface area contributed by atoms with Gasteiger partial charge in [0.1, 0.15) is 0 Å². The van der Waals surface area contributed by atoms with Crippen LogP contribution < -0.4 is 10.2 Å². The van der Waals surface area contributed by atoms with Crippen LogP contribution in [0.2, 0.25) is 0 Å². The van der Waals surface area contributed by atoms with Crippen molar-refractivity contribution >= 4 is 17.5 Å². The molecule has 4 heteroatoms. The molecule has 1 heterocycles. The molecule has 0 bridgehead atoms. The molecule has 1 N–H and O–H groups in total. The van der Waals surface area contributed by atoms with Gasteiger partial charge in [-0.05, 0) is 29.5 Å². The number of anilines is 1. The second-order valence-corrected chi connectivity index (χ2v) is 6.98. The van der Waals surface area contributed by atoms with Gasteiger partial charge >= 0.3 is 0 Å². The molecule has 0 aromatic heterocycles. The second kappa shape index (κ2) is 8.17. The fourth-order valence-corrected chi connectivity index (χ4v) is 3.42. The van der Waals surface area contributed by atoms with E-state index in [1.165, 1.54) is 5.56 Å². The molecule has 0 radical (unpaired) electrons. The molecule has 1 saturated heterocycles. The molecule has 1 aliphatic rings. The molecule has 4 nitrogen and oxygen atoms in total. The van der Waals surface area contributed by atoms with Crippen LogP contribution in [-0.4, -0.2) is 18.4 Å². The minimum absolute atomic E-state index is 0.0283. The van der Waals surface area contributed by atoms with Crippen molar-refractivity contribution in [2.75, 3.05) is 11.4 Å². The largest absolute Gasteiger partial charge is 0.352 e. The third-order valence-electron chi connectivity index (χ3n) is 5.18. The van der Waals surface area contributed by atoms with E-state index in [0.717, 1.165) is 17.7 Å². The number of amides is 2. The Morgan fingerprint density at radius 1 is 1.15 bits per heavy atom. The number of rotatable bonds is 6. The lowest BCUT2D eigenvalue weighted by Gasteiger charge is -2.23. The van der Waals surface area contributed by atoms with E-state index in [2.05, 4.69) is 25.2 Å². The number of para-hydroxylation sites is 1. The average molecular weight is 350 g/mol. The monoisotopic (exact) mass is 350 g/mol. The van der Waals surface area contributed by atoms with Crippen LogP contribution in [0.15, 0.2) is 54.6 Å². The average Bonchev–Trinajstić information content (AvgIpc) is 3.08. The maximum absolute atomic E-state index is 12.6. The highest BCUT2D eigenvalue weighted by atomic mass is 16.2. The molecule has 3 rings (SSSR count). The van der Waals surface area contributed by atoms with Crippen molar-refractivity contribution in [1.82, 2.24) is 5.32 Å². The molecule has 2 aromatic carbocycles. The van der Waals surface area contributed by atoms with Crippen molar-refractivity contribution in [2.45, 2.75) is 39.2 Å². The molecular formula is C22H26N2O2. The molecule has 26 heavy (non-hydrogen) atoms. The van der Waals surface area contributed by atoms with Gasteiger partial charge in [0.2, 0.25) is 11.8 Å². The van der Waals surface area contributed by atoms with Crippen LogP contribution in [0.1, 0.15) is 43.7 Å². The van der Waals surface area contributed by atoms with Crippen LogP contribution in [-0.2, 0) is 16.1 Å². The Hall–Kier alpha value is -2.62. The second-order valence-electron chi connectivity index (χ2n) is 6.98. The molecule has 136 valence electrons. The number of carbonyl (C=O) groups is 2. The van der Waals surface area contributed by atoms with Crippen molar-refractivity contribution in [3.63, 3.8) is 0 Å². The number of nitrogens with zero attached hydrogens (tertiary/aromatic N) is 1. The first kappa shape index (κ1) is 18.2. The van der Waals surface area contributed by atoms with Crippen molar-refractivity contribution in [1.29, 1.82) is 0 Å². The maximum atomic E-state index is 12.6. The molecule has 2 amide bonds. The first-order valence-corrected chi connectivity index (χ1v) is 9.31. The summed E-state index contributed by atoms with van der Waals surface area (Å²) in [5.41, 5.74) is 3.18. The highest BCUT2D eigenvalue weighted by Crippen LogP contribution is 2.33. The number of hydrogen-bond acceptors (Lipinski definition) is 2. The quantitative estimate of drug-likeness (QED) is 0.860. The standard InChI is InChI=1S/C22H26N2O2/c1-3-16(2)19-11-7-8-12-20(19)24-15-18(13-21(24)25)22(26)23-14-17-9-5-4-6-10-17/h4-12,16,18H,3,13-15H2,1-2H3,(H,23,26)/t16-,18-/m1/s1. The summed E-state index contributed by atoms with van der Waals surface area (Å²) in [6.45, 7) is 5.26. The summed E-state index contributed by atoms with van der Waals surface area (Å²) < 4.78 is 0. The van der Waals surface area contributed by atoms with E-state index in [9.17, 15) is 9.59 Å². The fourth-order valence-electron chi connectivity index (χ4n) is 3.42. The number of benzene rings is 2. The Balaban J connectivity index is 1.68. The molecule has 0 unspecified atom stereocenters. The van der Waals surface area contributed by atoms with E-state index in [4.69, 9.17) is 0 Å². The van der Waals surface area contributed by atoms with Gasteiger partial charge in [0.05, 0.1) is 5.92 Å². The molecule has 2 aromatic rings. The Morgan fingerprint density at radius 3 is 2.58 bits per heavy atom. The van der Waals surface area contributed by atoms with Gasteiger partial charge in [-0.3, -0.25) is 9.59 Å². The topological polar surface area (TPSA) is 49.4 Å². The lowest BCUT2D eigenvalue weighted by molar-refractivity contribution is -0.126. The van der Waals surface area contributed by atoms with Gasteiger partial charge in [-0.15, -0.1) is 0 Å².